The van der Waals surface area contributed by atoms with Gasteiger partial charge in [0.25, 0.3) is 5.91 Å². The first-order chi connectivity index (χ1) is 15.2. The second-order valence-electron chi connectivity index (χ2n) is 8.13. The molecule has 0 saturated carbocycles. The zero-order valence-corrected chi connectivity index (χ0v) is 17.6. The standard InChI is InChI=1S/C24H26N4O3/c1-2-16-8-3-4-10-18(16)25-22(29)14-21-23(30)27(15-17-9-7-13-31-17)24-26-19-11-5-6-12-20(19)28(21)24/h3-6,8,10-12,17,21H,2,7,9,13-15H2,1H3,(H,25,29)/t17-,21-/m0/s1. The number of nitrogens with zero attached hydrogens (tertiary/aromatic N) is 3. The van der Waals surface area contributed by atoms with E-state index >= 15 is 0 Å². The van der Waals surface area contributed by atoms with Crippen LogP contribution >= 0.6 is 0 Å². The van der Waals surface area contributed by atoms with E-state index in [1.807, 2.05) is 53.1 Å². The molecule has 0 unspecified atom stereocenters. The maximum absolute atomic E-state index is 13.4. The van der Waals surface area contributed by atoms with Crippen molar-refractivity contribution in [2.24, 2.45) is 0 Å². The molecular weight excluding hydrogens is 392 g/mol. The average Bonchev–Trinajstić information content (AvgIpc) is 3.48. The van der Waals surface area contributed by atoms with E-state index in [1.165, 1.54) is 0 Å². The number of carbonyl (C=O) groups is 2. The number of hydrogen-bond donors (Lipinski definition) is 1. The van der Waals surface area contributed by atoms with Gasteiger partial charge >= 0.3 is 0 Å². The van der Waals surface area contributed by atoms with Crippen LogP contribution in [-0.2, 0) is 20.7 Å². The highest BCUT2D eigenvalue weighted by Gasteiger charge is 2.42. The van der Waals surface area contributed by atoms with Crippen LogP contribution < -0.4 is 10.2 Å². The summed E-state index contributed by atoms with van der Waals surface area (Å²) < 4.78 is 7.68. The molecule has 1 fully saturated rings. The number of nitrogens with one attached hydrogen (secondary N) is 1. The third kappa shape index (κ3) is 3.59. The fraction of sp³-hybridized carbons (Fsp3) is 0.375. The van der Waals surface area contributed by atoms with Gasteiger partial charge in [-0.1, -0.05) is 37.3 Å². The van der Waals surface area contributed by atoms with Crippen LogP contribution in [0.4, 0.5) is 11.6 Å². The highest BCUT2D eigenvalue weighted by atomic mass is 16.5. The predicted molar refractivity (Wildman–Crippen MR) is 119 cm³/mol. The number of para-hydroxylation sites is 3. The molecule has 0 bridgehead atoms. The zero-order valence-electron chi connectivity index (χ0n) is 17.6. The molecule has 0 radical (unpaired) electrons. The van der Waals surface area contributed by atoms with E-state index in [-0.39, 0.29) is 24.3 Å². The number of anilines is 2. The van der Waals surface area contributed by atoms with Crippen molar-refractivity contribution in [3.63, 3.8) is 0 Å². The van der Waals surface area contributed by atoms with Crippen LogP contribution in [-0.4, -0.2) is 40.6 Å². The van der Waals surface area contributed by atoms with Gasteiger partial charge < -0.3 is 10.1 Å². The van der Waals surface area contributed by atoms with Crippen LogP contribution in [0.25, 0.3) is 11.0 Å². The Balaban J connectivity index is 1.44. The topological polar surface area (TPSA) is 76.5 Å². The van der Waals surface area contributed by atoms with Gasteiger partial charge in [-0.2, -0.15) is 0 Å². The zero-order chi connectivity index (χ0) is 21.4. The van der Waals surface area contributed by atoms with Crippen molar-refractivity contribution < 1.29 is 14.3 Å². The Morgan fingerprint density at radius 3 is 2.81 bits per heavy atom. The molecule has 1 N–H and O–H groups in total. The normalized spacial score (nSPS) is 20.4. The lowest BCUT2D eigenvalue weighted by atomic mass is 10.1. The number of amides is 2. The number of hydrogen-bond acceptors (Lipinski definition) is 4. The Hall–Kier alpha value is -3.19. The number of benzene rings is 2. The molecule has 31 heavy (non-hydrogen) atoms. The van der Waals surface area contributed by atoms with Crippen LogP contribution in [0.5, 0.6) is 0 Å². The molecule has 160 valence electrons. The number of ether oxygens (including phenoxy) is 1. The minimum atomic E-state index is -0.613. The summed E-state index contributed by atoms with van der Waals surface area (Å²) in [5, 5.41) is 3.00. The Morgan fingerprint density at radius 2 is 2.00 bits per heavy atom. The summed E-state index contributed by atoms with van der Waals surface area (Å²) in [7, 11) is 0. The van der Waals surface area contributed by atoms with E-state index in [0.717, 1.165) is 48.2 Å². The molecule has 3 aromatic rings. The lowest BCUT2D eigenvalue weighted by Crippen LogP contribution is -2.37. The Morgan fingerprint density at radius 1 is 1.19 bits per heavy atom. The summed E-state index contributed by atoms with van der Waals surface area (Å²) >= 11 is 0. The highest BCUT2D eigenvalue weighted by molar-refractivity contribution is 6.05. The summed E-state index contributed by atoms with van der Waals surface area (Å²) in [5.74, 6) is 0.332. The number of aryl methyl sites for hydroxylation is 1. The van der Waals surface area contributed by atoms with Crippen LogP contribution in [0.3, 0.4) is 0 Å². The Bertz CT molecular complexity index is 1130. The molecule has 5 rings (SSSR count). The van der Waals surface area contributed by atoms with Crippen molar-refractivity contribution in [2.75, 3.05) is 23.4 Å². The number of imidazole rings is 1. The summed E-state index contributed by atoms with van der Waals surface area (Å²) in [6, 6.07) is 14.9. The van der Waals surface area contributed by atoms with Gasteiger partial charge in [0.1, 0.15) is 6.04 Å². The second kappa shape index (κ2) is 8.15. The van der Waals surface area contributed by atoms with Crippen molar-refractivity contribution in [3.05, 3.63) is 54.1 Å². The minimum absolute atomic E-state index is 0.0150. The van der Waals surface area contributed by atoms with E-state index in [1.54, 1.807) is 4.90 Å². The maximum atomic E-state index is 13.4. The van der Waals surface area contributed by atoms with Crippen LogP contribution in [0.15, 0.2) is 48.5 Å². The molecule has 2 aromatic carbocycles. The molecule has 0 aliphatic carbocycles. The summed E-state index contributed by atoms with van der Waals surface area (Å²) in [4.78, 5) is 32.8. The lowest BCUT2D eigenvalue weighted by Gasteiger charge is -2.19. The quantitative estimate of drug-likeness (QED) is 0.662. The molecule has 7 nitrogen and oxygen atoms in total. The van der Waals surface area contributed by atoms with Crippen LogP contribution in [0.2, 0.25) is 0 Å². The largest absolute Gasteiger partial charge is 0.376 e. The molecule has 2 atom stereocenters. The molecule has 2 amide bonds. The number of aromatic nitrogens is 2. The molecule has 7 heteroatoms. The molecule has 1 saturated heterocycles. The smallest absolute Gasteiger partial charge is 0.253 e. The molecule has 3 heterocycles. The van der Waals surface area contributed by atoms with Gasteiger partial charge in [0, 0.05) is 12.3 Å². The number of fused-ring (bicyclic) bond motifs is 3. The van der Waals surface area contributed by atoms with Gasteiger partial charge in [0.2, 0.25) is 11.9 Å². The molecule has 2 aliphatic heterocycles. The van der Waals surface area contributed by atoms with E-state index in [2.05, 4.69) is 12.2 Å². The minimum Gasteiger partial charge on any atom is -0.376 e. The average molecular weight is 418 g/mol. The highest BCUT2D eigenvalue weighted by Crippen LogP contribution is 2.37. The lowest BCUT2D eigenvalue weighted by molar-refractivity contribution is -0.124. The summed E-state index contributed by atoms with van der Waals surface area (Å²) in [6.45, 7) is 3.25. The first-order valence-corrected chi connectivity index (χ1v) is 10.9. The van der Waals surface area contributed by atoms with Gasteiger partial charge in [0.05, 0.1) is 30.1 Å². The molecule has 1 aromatic heterocycles. The molecule has 2 aliphatic rings. The van der Waals surface area contributed by atoms with Crippen molar-refractivity contribution in [1.82, 2.24) is 9.55 Å². The van der Waals surface area contributed by atoms with Crippen LogP contribution in [0, 0.1) is 0 Å². The third-order valence-electron chi connectivity index (χ3n) is 6.14. The first-order valence-electron chi connectivity index (χ1n) is 10.9. The molecular formula is C24H26N4O3. The van der Waals surface area contributed by atoms with E-state index in [4.69, 9.17) is 9.72 Å². The fourth-order valence-corrected chi connectivity index (χ4v) is 4.59. The van der Waals surface area contributed by atoms with Gasteiger partial charge in [-0.05, 0) is 43.0 Å². The summed E-state index contributed by atoms with van der Waals surface area (Å²) in [5.41, 5.74) is 3.56. The second-order valence-corrected chi connectivity index (χ2v) is 8.13. The van der Waals surface area contributed by atoms with E-state index in [9.17, 15) is 9.59 Å². The monoisotopic (exact) mass is 418 g/mol. The Labute approximate surface area is 181 Å². The van der Waals surface area contributed by atoms with Gasteiger partial charge in [-0.3, -0.25) is 19.1 Å². The predicted octanol–water partition coefficient (Wildman–Crippen LogP) is 3.69. The van der Waals surface area contributed by atoms with Crippen LogP contribution in [0.1, 0.15) is 37.8 Å². The SMILES string of the molecule is CCc1ccccc1NC(=O)C[C@H]1C(=O)N(C[C@@H]2CCCO2)c2nc3ccccc3n21. The van der Waals surface area contributed by atoms with Gasteiger partial charge in [-0.25, -0.2) is 4.98 Å². The van der Waals surface area contributed by atoms with E-state index < -0.39 is 6.04 Å². The fourth-order valence-electron chi connectivity index (χ4n) is 4.59. The number of carbonyl (C=O) groups excluding carboxylic acids is 2. The summed E-state index contributed by atoms with van der Waals surface area (Å²) in [6.07, 6.45) is 2.84. The molecule has 0 spiro atoms. The van der Waals surface area contributed by atoms with E-state index in [0.29, 0.717) is 12.5 Å². The van der Waals surface area contributed by atoms with Gasteiger partial charge in [0.15, 0.2) is 0 Å². The number of rotatable bonds is 6. The Kier molecular flexibility index (Phi) is 5.19. The van der Waals surface area contributed by atoms with Crippen molar-refractivity contribution >= 4 is 34.5 Å². The van der Waals surface area contributed by atoms with Crippen molar-refractivity contribution in [2.45, 2.75) is 44.8 Å². The first kappa shape index (κ1) is 19.8. The van der Waals surface area contributed by atoms with Crippen molar-refractivity contribution in [3.8, 4) is 0 Å². The van der Waals surface area contributed by atoms with Gasteiger partial charge in [-0.15, -0.1) is 0 Å². The van der Waals surface area contributed by atoms with Crippen molar-refractivity contribution in [1.29, 1.82) is 0 Å². The maximum Gasteiger partial charge on any atom is 0.253 e. The third-order valence-corrected chi connectivity index (χ3v) is 6.14.